The molecule has 0 saturated heterocycles. The van der Waals surface area contributed by atoms with Gasteiger partial charge in [-0.25, -0.2) is 0 Å². The number of para-hydroxylation sites is 1. The quantitative estimate of drug-likeness (QED) is 0.714. The molecule has 0 spiro atoms. The van der Waals surface area contributed by atoms with Gasteiger partial charge in [-0.1, -0.05) is 25.1 Å². The molecule has 1 N–H and O–H groups in total. The van der Waals surface area contributed by atoms with Crippen LogP contribution in [-0.2, 0) is 0 Å². The largest absolute Gasteiger partial charge is 0.490 e. The summed E-state index contributed by atoms with van der Waals surface area (Å²) in [5.74, 6) is 0.841. The second-order valence-corrected chi connectivity index (χ2v) is 3.44. The van der Waals surface area contributed by atoms with E-state index in [0.29, 0.717) is 6.42 Å². The number of fused-ring (bicyclic) bond motifs is 1. The number of hydrogen-bond donors (Lipinski definition) is 1. The summed E-state index contributed by atoms with van der Waals surface area (Å²) in [5.41, 5.74) is 0.923. The van der Waals surface area contributed by atoms with Crippen molar-refractivity contribution in [2.45, 2.75) is 32.0 Å². The third-order valence-corrected chi connectivity index (χ3v) is 2.51. The van der Waals surface area contributed by atoms with Crippen LogP contribution in [0.25, 0.3) is 0 Å². The molecule has 2 heteroatoms. The molecule has 1 aromatic carbocycles. The molecule has 2 nitrogen and oxygen atoms in total. The predicted molar refractivity (Wildman–Crippen MR) is 50.7 cm³/mol. The summed E-state index contributed by atoms with van der Waals surface area (Å²) < 4.78 is 5.69. The Hall–Kier alpha value is -1.02. The Labute approximate surface area is 78.2 Å². The van der Waals surface area contributed by atoms with Crippen LogP contribution in [0.15, 0.2) is 24.3 Å². The fraction of sp³-hybridized carbons (Fsp3) is 0.455. The van der Waals surface area contributed by atoms with Crippen molar-refractivity contribution in [1.82, 2.24) is 0 Å². The van der Waals surface area contributed by atoms with Gasteiger partial charge >= 0.3 is 0 Å². The standard InChI is InChI=1S/C11H14O2/c1-2-8-7-10(12)9-5-3-4-6-11(9)13-8/h3-6,8,10,12H,2,7H2,1H3/t8?,10-/m0/s1. The summed E-state index contributed by atoms with van der Waals surface area (Å²) in [6, 6.07) is 7.70. The number of rotatable bonds is 1. The van der Waals surface area contributed by atoms with E-state index in [2.05, 4.69) is 6.92 Å². The van der Waals surface area contributed by atoms with Gasteiger partial charge in [0.15, 0.2) is 0 Å². The van der Waals surface area contributed by atoms with Crippen LogP contribution >= 0.6 is 0 Å². The lowest BCUT2D eigenvalue weighted by atomic mass is 9.98. The van der Waals surface area contributed by atoms with Crippen LogP contribution in [0.2, 0.25) is 0 Å². The molecule has 2 rings (SSSR count). The minimum atomic E-state index is -0.352. The number of ether oxygens (including phenoxy) is 1. The van der Waals surface area contributed by atoms with Crippen LogP contribution in [0.5, 0.6) is 5.75 Å². The molecular formula is C11H14O2. The van der Waals surface area contributed by atoms with Crippen molar-refractivity contribution < 1.29 is 9.84 Å². The van der Waals surface area contributed by atoms with Crippen LogP contribution in [-0.4, -0.2) is 11.2 Å². The number of hydrogen-bond acceptors (Lipinski definition) is 2. The van der Waals surface area contributed by atoms with Gasteiger partial charge in [0.2, 0.25) is 0 Å². The third-order valence-electron chi connectivity index (χ3n) is 2.51. The maximum Gasteiger partial charge on any atom is 0.125 e. The summed E-state index contributed by atoms with van der Waals surface area (Å²) in [7, 11) is 0. The molecule has 1 aliphatic heterocycles. The van der Waals surface area contributed by atoms with Crippen LogP contribution < -0.4 is 4.74 Å². The Bertz CT molecular complexity index is 296. The molecule has 70 valence electrons. The zero-order valence-electron chi connectivity index (χ0n) is 7.73. The Morgan fingerprint density at radius 2 is 2.23 bits per heavy atom. The Morgan fingerprint density at radius 1 is 1.46 bits per heavy atom. The van der Waals surface area contributed by atoms with Crippen LogP contribution in [0.1, 0.15) is 31.4 Å². The number of aliphatic hydroxyl groups excluding tert-OH is 1. The van der Waals surface area contributed by atoms with Gasteiger partial charge in [-0.15, -0.1) is 0 Å². The van der Waals surface area contributed by atoms with Gasteiger partial charge in [0, 0.05) is 12.0 Å². The molecule has 0 saturated carbocycles. The molecule has 2 atom stereocenters. The summed E-state index contributed by atoms with van der Waals surface area (Å²) >= 11 is 0. The van der Waals surface area contributed by atoms with E-state index in [1.54, 1.807) is 0 Å². The average molecular weight is 178 g/mol. The predicted octanol–water partition coefficient (Wildman–Crippen LogP) is 2.28. The van der Waals surface area contributed by atoms with E-state index in [0.717, 1.165) is 17.7 Å². The summed E-state index contributed by atoms with van der Waals surface area (Å²) in [5, 5.41) is 9.78. The lowest BCUT2D eigenvalue weighted by molar-refractivity contribution is 0.0643. The van der Waals surface area contributed by atoms with E-state index >= 15 is 0 Å². The van der Waals surface area contributed by atoms with E-state index in [1.807, 2.05) is 24.3 Å². The van der Waals surface area contributed by atoms with E-state index in [-0.39, 0.29) is 12.2 Å². The monoisotopic (exact) mass is 178 g/mol. The highest BCUT2D eigenvalue weighted by molar-refractivity contribution is 5.36. The number of benzene rings is 1. The Kier molecular flexibility index (Phi) is 2.23. The minimum absolute atomic E-state index is 0.171. The van der Waals surface area contributed by atoms with Crippen molar-refractivity contribution in [2.24, 2.45) is 0 Å². The van der Waals surface area contributed by atoms with Crippen LogP contribution in [0, 0.1) is 0 Å². The van der Waals surface area contributed by atoms with Crippen molar-refractivity contribution in [3.63, 3.8) is 0 Å². The summed E-state index contributed by atoms with van der Waals surface area (Å²) in [6.45, 7) is 2.07. The first-order valence-electron chi connectivity index (χ1n) is 4.75. The third kappa shape index (κ3) is 1.54. The molecular weight excluding hydrogens is 164 g/mol. The van der Waals surface area contributed by atoms with Crippen molar-refractivity contribution in [1.29, 1.82) is 0 Å². The highest BCUT2D eigenvalue weighted by Crippen LogP contribution is 2.34. The fourth-order valence-electron chi connectivity index (χ4n) is 1.72. The van der Waals surface area contributed by atoms with Gasteiger partial charge < -0.3 is 9.84 Å². The molecule has 1 unspecified atom stereocenters. The Morgan fingerprint density at radius 3 is 3.00 bits per heavy atom. The second kappa shape index (κ2) is 3.38. The topological polar surface area (TPSA) is 29.5 Å². The summed E-state index contributed by atoms with van der Waals surface area (Å²) in [4.78, 5) is 0. The molecule has 0 radical (unpaired) electrons. The van der Waals surface area contributed by atoms with Crippen molar-refractivity contribution >= 4 is 0 Å². The SMILES string of the molecule is CCC1C[C@H](O)c2ccccc2O1. The molecule has 0 aromatic heterocycles. The highest BCUT2D eigenvalue weighted by atomic mass is 16.5. The molecule has 1 aliphatic rings. The minimum Gasteiger partial charge on any atom is -0.490 e. The van der Waals surface area contributed by atoms with Crippen molar-refractivity contribution in [2.75, 3.05) is 0 Å². The van der Waals surface area contributed by atoms with E-state index in [1.165, 1.54) is 0 Å². The first-order chi connectivity index (χ1) is 6.31. The smallest absolute Gasteiger partial charge is 0.125 e. The lowest BCUT2D eigenvalue weighted by Gasteiger charge is -2.28. The van der Waals surface area contributed by atoms with E-state index in [4.69, 9.17) is 4.74 Å². The first-order valence-corrected chi connectivity index (χ1v) is 4.75. The molecule has 0 fully saturated rings. The van der Waals surface area contributed by atoms with Crippen LogP contribution in [0.3, 0.4) is 0 Å². The van der Waals surface area contributed by atoms with Gasteiger partial charge in [0.25, 0.3) is 0 Å². The van der Waals surface area contributed by atoms with Gasteiger partial charge in [-0.2, -0.15) is 0 Å². The van der Waals surface area contributed by atoms with Gasteiger partial charge in [0.05, 0.1) is 6.10 Å². The number of aliphatic hydroxyl groups is 1. The lowest BCUT2D eigenvalue weighted by Crippen LogP contribution is -2.24. The van der Waals surface area contributed by atoms with Gasteiger partial charge in [-0.3, -0.25) is 0 Å². The first kappa shape index (κ1) is 8.57. The second-order valence-electron chi connectivity index (χ2n) is 3.44. The molecule has 13 heavy (non-hydrogen) atoms. The normalized spacial score (nSPS) is 26.3. The maximum absolute atomic E-state index is 9.78. The molecule has 1 aromatic rings. The van der Waals surface area contributed by atoms with E-state index < -0.39 is 0 Å². The fourth-order valence-corrected chi connectivity index (χ4v) is 1.72. The zero-order chi connectivity index (χ0) is 9.26. The van der Waals surface area contributed by atoms with E-state index in [9.17, 15) is 5.11 Å². The van der Waals surface area contributed by atoms with Gasteiger partial charge in [-0.05, 0) is 12.5 Å². The zero-order valence-corrected chi connectivity index (χ0v) is 7.73. The van der Waals surface area contributed by atoms with Crippen molar-refractivity contribution in [3.05, 3.63) is 29.8 Å². The molecule has 0 amide bonds. The molecule has 0 bridgehead atoms. The maximum atomic E-state index is 9.78. The van der Waals surface area contributed by atoms with Crippen molar-refractivity contribution in [3.8, 4) is 5.75 Å². The Balaban J connectivity index is 2.31. The van der Waals surface area contributed by atoms with Gasteiger partial charge in [0.1, 0.15) is 11.9 Å². The highest BCUT2D eigenvalue weighted by Gasteiger charge is 2.24. The molecule has 1 heterocycles. The average Bonchev–Trinajstić information content (AvgIpc) is 2.18. The van der Waals surface area contributed by atoms with Crippen LogP contribution in [0.4, 0.5) is 0 Å². The molecule has 0 aliphatic carbocycles. The summed E-state index contributed by atoms with van der Waals surface area (Å²) in [6.07, 6.45) is 1.48.